The summed E-state index contributed by atoms with van der Waals surface area (Å²) in [4.78, 5) is 6.73. The molecule has 3 nitrogen and oxygen atoms in total. The SMILES string of the molecule is CCC(C)CN(Cc1ccc(CN)cc1)Cc1cccnc1. The Morgan fingerprint density at radius 2 is 1.73 bits per heavy atom. The number of aromatic nitrogens is 1. The van der Waals surface area contributed by atoms with E-state index in [4.69, 9.17) is 5.73 Å². The molecular formula is C19H27N3. The first-order valence-corrected chi connectivity index (χ1v) is 8.10. The fraction of sp³-hybridized carbons (Fsp3) is 0.421. The molecule has 0 aliphatic carbocycles. The normalized spacial score (nSPS) is 12.5. The second-order valence-electron chi connectivity index (χ2n) is 6.06. The van der Waals surface area contributed by atoms with E-state index in [9.17, 15) is 0 Å². The lowest BCUT2D eigenvalue weighted by Gasteiger charge is -2.25. The molecule has 1 aromatic carbocycles. The highest BCUT2D eigenvalue weighted by Crippen LogP contribution is 2.14. The molecule has 1 atom stereocenters. The molecule has 0 saturated carbocycles. The van der Waals surface area contributed by atoms with Crippen molar-refractivity contribution in [2.45, 2.75) is 39.9 Å². The first-order chi connectivity index (χ1) is 10.7. The van der Waals surface area contributed by atoms with Crippen LogP contribution >= 0.6 is 0 Å². The van der Waals surface area contributed by atoms with Crippen LogP contribution in [0.1, 0.15) is 37.0 Å². The van der Waals surface area contributed by atoms with Gasteiger partial charge in [-0.2, -0.15) is 0 Å². The maximum atomic E-state index is 5.67. The van der Waals surface area contributed by atoms with Gasteiger partial charge in [0.1, 0.15) is 0 Å². The van der Waals surface area contributed by atoms with E-state index < -0.39 is 0 Å². The van der Waals surface area contributed by atoms with E-state index in [0.717, 1.165) is 19.6 Å². The lowest BCUT2D eigenvalue weighted by atomic mass is 10.1. The zero-order chi connectivity index (χ0) is 15.8. The van der Waals surface area contributed by atoms with Crippen LogP contribution in [-0.2, 0) is 19.6 Å². The van der Waals surface area contributed by atoms with Crippen LogP contribution in [0.2, 0.25) is 0 Å². The van der Waals surface area contributed by atoms with Gasteiger partial charge in [-0.25, -0.2) is 0 Å². The lowest BCUT2D eigenvalue weighted by Crippen LogP contribution is -2.27. The van der Waals surface area contributed by atoms with Crippen LogP contribution in [0.5, 0.6) is 0 Å². The highest BCUT2D eigenvalue weighted by atomic mass is 15.1. The minimum absolute atomic E-state index is 0.604. The Morgan fingerprint density at radius 1 is 1.05 bits per heavy atom. The number of pyridine rings is 1. The van der Waals surface area contributed by atoms with Gasteiger partial charge < -0.3 is 5.73 Å². The predicted molar refractivity (Wildman–Crippen MR) is 92.1 cm³/mol. The van der Waals surface area contributed by atoms with Gasteiger partial charge in [0.15, 0.2) is 0 Å². The molecule has 0 spiro atoms. The number of rotatable bonds is 8. The Bertz CT molecular complexity index is 536. The molecule has 0 aliphatic heterocycles. The van der Waals surface area contributed by atoms with Gasteiger partial charge in [0.2, 0.25) is 0 Å². The topological polar surface area (TPSA) is 42.1 Å². The number of hydrogen-bond acceptors (Lipinski definition) is 3. The van der Waals surface area contributed by atoms with Crippen molar-refractivity contribution in [3.05, 3.63) is 65.5 Å². The third kappa shape index (κ3) is 5.24. The predicted octanol–water partition coefficient (Wildman–Crippen LogP) is 3.59. The van der Waals surface area contributed by atoms with Crippen molar-refractivity contribution in [1.29, 1.82) is 0 Å². The largest absolute Gasteiger partial charge is 0.326 e. The molecule has 0 bridgehead atoms. The van der Waals surface area contributed by atoms with Gasteiger partial charge in [-0.1, -0.05) is 50.6 Å². The second kappa shape index (κ2) is 8.66. The van der Waals surface area contributed by atoms with Gasteiger partial charge in [0.25, 0.3) is 0 Å². The maximum absolute atomic E-state index is 5.67. The van der Waals surface area contributed by atoms with Crippen LogP contribution in [0.3, 0.4) is 0 Å². The summed E-state index contributed by atoms with van der Waals surface area (Å²) < 4.78 is 0. The van der Waals surface area contributed by atoms with Gasteiger partial charge in [0, 0.05) is 38.6 Å². The Hall–Kier alpha value is -1.71. The van der Waals surface area contributed by atoms with Gasteiger partial charge in [0.05, 0.1) is 0 Å². The van der Waals surface area contributed by atoms with Crippen molar-refractivity contribution in [1.82, 2.24) is 9.88 Å². The smallest absolute Gasteiger partial charge is 0.0312 e. The molecule has 118 valence electrons. The van der Waals surface area contributed by atoms with Gasteiger partial charge in [-0.05, 0) is 28.7 Å². The zero-order valence-electron chi connectivity index (χ0n) is 13.7. The summed E-state index contributed by atoms with van der Waals surface area (Å²) in [5.41, 5.74) is 9.46. The fourth-order valence-electron chi connectivity index (χ4n) is 2.54. The quantitative estimate of drug-likeness (QED) is 0.809. The first-order valence-electron chi connectivity index (χ1n) is 8.10. The molecule has 0 fully saturated rings. The molecule has 0 aliphatic rings. The molecule has 0 amide bonds. The van der Waals surface area contributed by atoms with E-state index >= 15 is 0 Å². The number of nitrogens with two attached hydrogens (primary N) is 1. The van der Waals surface area contributed by atoms with E-state index in [-0.39, 0.29) is 0 Å². The monoisotopic (exact) mass is 297 g/mol. The maximum Gasteiger partial charge on any atom is 0.0312 e. The molecule has 1 aromatic heterocycles. The molecule has 2 aromatic rings. The summed E-state index contributed by atoms with van der Waals surface area (Å²) in [6.07, 6.45) is 4.99. The summed E-state index contributed by atoms with van der Waals surface area (Å²) in [5, 5.41) is 0. The Labute approximate surface area is 134 Å². The number of benzene rings is 1. The van der Waals surface area contributed by atoms with E-state index in [2.05, 4.69) is 54.1 Å². The lowest BCUT2D eigenvalue weighted by molar-refractivity contribution is 0.218. The molecule has 2 rings (SSSR count). The summed E-state index contributed by atoms with van der Waals surface area (Å²) in [7, 11) is 0. The van der Waals surface area contributed by atoms with Gasteiger partial charge in [-0.15, -0.1) is 0 Å². The van der Waals surface area contributed by atoms with Gasteiger partial charge in [-0.3, -0.25) is 9.88 Å². The van der Waals surface area contributed by atoms with Crippen LogP contribution in [0.25, 0.3) is 0 Å². The number of nitrogens with zero attached hydrogens (tertiary/aromatic N) is 2. The molecule has 1 unspecified atom stereocenters. The van der Waals surface area contributed by atoms with Crippen LogP contribution in [0.4, 0.5) is 0 Å². The van der Waals surface area contributed by atoms with Crippen molar-refractivity contribution in [3.8, 4) is 0 Å². The summed E-state index contributed by atoms with van der Waals surface area (Å²) in [6.45, 7) is 8.17. The minimum atomic E-state index is 0.604. The zero-order valence-corrected chi connectivity index (χ0v) is 13.7. The first kappa shape index (κ1) is 16.7. The Morgan fingerprint density at radius 3 is 2.32 bits per heavy atom. The number of hydrogen-bond donors (Lipinski definition) is 1. The van der Waals surface area contributed by atoms with Crippen molar-refractivity contribution in [2.75, 3.05) is 6.54 Å². The van der Waals surface area contributed by atoms with Crippen LogP contribution in [-0.4, -0.2) is 16.4 Å². The van der Waals surface area contributed by atoms with E-state index in [1.54, 1.807) is 0 Å². The fourth-order valence-corrected chi connectivity index (χ4v) is 2.54. The van der Waals surface area contributed by atoms with Crippen molar-refractivity contribution in [3.63, 3.8) is 0 Å². The van der Waals surface area contributed by atoms with Gasteiger partial charge >= 0.3 is 0 Å². The molecule has 1 heterocycles. The standard InChI is InChI=1S/C19H27N3/c1-3-16(2)13-22(15-19-5-4-10-21-12-19)14-18-8-6-17(11-20)7-9-18/h4-10,12,16H,3,11,13-15,20H2,1-2H3. The van der Waals surface area contributed by atoms with Crippen LogP contribution in [0, 0.1) is 5.92 Å². The third-order valence-electron chi connectivity index (χ3n) is 4.06. The molecular weight excluding hydrogens is 270 g/mol. The highest BCUT2D eigenvalue weighted by Gasteiger charge is 2.11. The highest BCUT2D eigenvalue weighted by molar-refractivity contribution is 5.22. The summed E-state index contributed by atoms with van der Waals surface area (Å²) in [6, 6.07) is 12.8. The van der Waals surface area contributed by atoms with Crippen molar-refractivity contribution >= 4 is 0 Å². The van der Waals surface area contributed by atoms with Crippen LogP contribution in [0.15, 0.2) is 48.8 Å². The van der Waals surface area contributed by atoms with E-state index in [1.807, 2.05) is 18.5 Å². The second-order valence-corrected chi connectivity index (χ2v) is 6.06. The Kier molecular flexibility index (Phi) is 6.56. The third-order valence-corrected chi connectivity index (χ3v) is 4.06. The molecule has 0 radical (unpaired) electrons. The van der Waals surface area contributed by atoms with E-state index in [1.165, 1.54) is 23.1 Å². The van der Waals surface area contributed by atoms with Crippen molar-refractivity contribution < 1.29 is 0 Å². The molecule has 0 saturated heterocycles. The minimum Gasteiger partial charge on any atom is -0.326 e. The summed E-state index contributed by atoms with van der Waals surface area (Å²) >= 11 is 0. The average Bonchev–Trinajstić information content (AvgIpc) is 2.56. The average molecular weight is 297 g/mol. The van der Waals surface area contributed by atoms with Crippen LogP contribution < -0.4 is 5.73 Å². The molecule has 2 N–H and O–H groups in total. The van der Waals surface area contributed by atoms with Crippen molar-refractivity contribution in [2.24, 2.45) is 11.7 Å². The Balaban J connectivity index is 2.05. The summed E-state index contributed by atoms with van der Waals surface area (Å²) in [5.74, 6) is 0.694. The molecule has 3 heteroatoms. The molecule has 22 heavy (non-hydrogen) atoms. The van der Waals surface area contributed by atoms with E-state index in [0.29, 0.717) is 12.5 Å².